The molecule has 1 saturated carbocycles. The van der Waals surface area contributed by atoms with E-state index in [4.69, 9.17) is 4.74 Å². The molecule has 0 bridgehead atoms. The fourth-order valence-electron chi connectivity index (χ4n) is 1.80. The predicted octanol–water partition coefficient (Wildman–Crippen LogP) is 1.90. The van der Waals surface area contributed by atoms with Crippen LogP contribution in [0.5, 0.6) is 0 Å². The molecule has 1 aliphatic carbocycles. The van der Waals surface area contributed by atoms with Gasteiger partial charge in [0.2, 0.25) is 5.91 Å². The standard InChI is InChI=1S/C15H20BrNO3/c16-13-5-3-11(4-6-13)7-15(19)17-8-14(18)10-20-9-12-1-2-12/h3-6,12,14,18H,1-2,7-10H2,(H,17,19). The van der Waals surface area contributed by atoms with Crippen LogP contribution in [-0.2, 0) is 16.0 Å². The second-order valence-electron chi connectivity index (χ2n) is 5.24. The third-order valence-corrected chi connectivity index (χ3v) is 3.70. The molecule has 1 aromatic carbocycles. The average molecular weight is 342 g/mol. The van der Waals surface area contributed by atoms with Gasteiger partial charge in [0.1, 0.15) is 0 Å². The predicted molar refractivity (Wildman–Crippen MR) is 80.4 cm³/mol. The van der Waals surface area contributed by atoms with E-state index in [0.717, 1.165) is 16.6 Å². The molecular weight excluding hydrogens is 322 g/mol. The van der Waals surface area contributed by atoms with Crippen molar-refractivity contribution in [1.29, 1.82) is 0 Å². The Morgan fingerprint density at radius 2 is 2.10 bits per heavy atom. The largest absolute Gasteiger partial charge is 0.389 e. The van der Waals surface area contributed by atoms with Crippen molar-refractivity contribution < 1.29 is 14.6 Å². The summed E-state index contributed by atoms with van der Waals surface area (Å²) in [5.41, 5.74) is 0.949. The first-order valence-corrected chi connectivity index (χ1v) is 7.69. The molecule has 110 valence electrons. The molecule has 5 heteroatoms. The van der Waals surface area contributed by atoms with Gasteiger partial charge in [-0.25, -0.2) is 0 Å². The highest BCUT2D eigenvalue weighted by atomic mass is 79.9. The minimum Gasteiger partial charge on any atom is -0.389 e. The van der Waals surface area contributed by atoms with E-state index in [2.05, 4.69) is 21.2 Å². The molecule has 1 amide bonds. The molecule has 1 fully saturated rings. The first kappa shape index (κ1) is 15.5. The zero-order valence-electron chi connectivity index (χ0n) is 11.3. The van der Waals surface area contributed by atoms with Crippen molar-refractivity contribution in [3.05, 3.63) is 34.3 Å². The van der Waals surface area contributed by atoms with E-state index < -0.39 is 6.10 Å². The number of hydrogen-bond acceptors (Lipinski definition) is 3. The van der Waals surface area contributed by atoms with E-state index in [1.54, 1.807) is 0 Å². The van der Waals surface area contributed by atoms with E-state index in [1.807, 2.05) is 24.3 Å². The van der Waals surface area contributed by atoms with Gasteiger partial charge in [-0.2, -0.15) is 0 Å². The minimum atomic E-state index is -0.636. The Balaban J connectivity index is 1.59. The maximum absolute atomic E-state index is 11.7. The van der Waals surface area contributed by atoms with E-state index in [1.165, 1.54) is 12.8 Å². The number of carbonyl (C=O) groups excluding carboxylic acids is 1. The van der Waals surface area contributed by atoms with Crippen LogP contribution in [0.1, 0.15) is 18.4 Å². The molecule has 0 heterocycles. The molecule has 20 heavy (non-hydrogen) atoms. The number of hydrogen-bond donors (Lipinski definition) is 2. The van der Waals surface area contributed by atoms with E-state index in [0.29, 0.717) is 12.3 Å². The van der Waals surface area contributed by atoms with Gasteiger partial charge in [0.05, 0.1) is 19.1 Å². The summed E-state index contributed by atoms with van der Waals surface area (Å²) in [6.45, 7) is 1.25. The van der Waals surface area contributed by atoms with Crippen LogP contribution in [0.15, 0.2) is 28.7 Å². The molecule has 0 radical (unpaired) electrons. The summed E-state index contributed by atoms with van der Waals surface area (Å²) < 4.78 is 6.37. The Hall–Kier alpha value is -0.910. The van der Waals surface area contributed by atoms with Crippen molar-refractivity contribution in [3.8, 4) is 0 Å². The molecule has 0 saturated heterocycles. The summed E-state index contributed by atoms with van der Waals surface area (Å²) in [7, 11) is 0. The normalized spacial score (nSPS) is 15.9. The SMILES string of the molecule is O=C(Cc1ccc(Br)cc1)NCC(O)COCC1CC1. The number of ether oxygens (including phenoxy) is 1. The lowest BCUT2D eigenvalue weighted by Crippen LogP contribution is -2.35. The van der Waals surface area contributed by atoms with Crippen LogP contribution >= 0.6 is 15.9 Å². The molecule has 0 aliphatic heterocycles. The van der Waals surface area contributed by atoms with Crippen molar-refractivity contribution in [1.82, 2.24) is 5.32 Å². The highest BCUT2D eigenvalue weighted by Crippen LogP contribution is 2.28. The lowest BCUT2D eigenvalue weighted by Gasteiger charge is -2.12. The summed E-state index contributed by atoms with van der Waals surface area (Å²) in [5, 5.41) is 12.4. The Labute approximate surface area is 127 Å². The number of aliphatic hydroxyl groups is 1. The van der Waals surface area contributed by atoms with Crippen molar-refractivity contribution >= 4 is 21.8 Å². The van der Waals surface area contributed by atoms with Crippen molar-refractivity contribution in [3.63, 3.8) is 0 Å². The molecule has 0 spiro atoms. The van der Waals surface area contributed by atoms with Crippen LogP contribution in [0.25, 0.3) is 0 Å². The quantitative estimate of drug-likeness (QED) is 0.759. The van der Waals surface area contributed by atoms with Crippen LogP contribution in [-0.4, -0.2) is 36.9 Å². The molecule has 0 aromatic heterocycles. The Bertz CT molecular complexity index is 431. The number of nitrogens with one attached hydrogen (secondary N) is 1. The summed E-state index contributed by atoms with van der Waals surface area (Å²) >= 11 is 3.35. The van der Waals surface area contributed by atoms with Crippen LogP contribution in [0.2, 0.25) is 0 Å². The number of aliphatic hydroxyl groups excluding tert-OH is 1. The van der Waals surface area contributed by atoms with Gasteiger partial charge >= 0.3 is 0 Å². The van der Waals surface area contributed by atoms with Crippen LogP contribution in [0.4, 0.5) is 0 Å². The van der Waals surface area contributed by atoms with E-state index in [9.17, 15) is 9.90 Å². The first-order chi connectivity index (χ1) is 9.63. The molecule has 2 N–H and O–H groups in total. The van der Waals surface area contributed by atoms with Crippen molar-refractivity contribution in [2.75, 3.05) is 19.8 Å². The zero-order valence-corrected chi connectivity index (χ0v) is 12.9. The van der Waals surface area contributed by atoms with Gasteiger partial charge in [-0.3, -0.25) is 4.79 Å². The number of amides is 1. The number of halogens is 1. The lowest BCUT2D eigenvalue weighted by atomic mass is 10.1. The second-order valence-corrected chi connectivity index (χ2v) is 6.16. The van der Waals surface area contributed by atoms with Gasteiger partial charge < -0.3 is 15.2 Å². The summed E-state index contributed by atoms with van der Waals surface area (Å²) in [6.07, 6.45) is 2.16. The third kappa shape index (κ3) is 6.03. The van der Waals surface area contributed by atoms with Gasteiger partial charge in [-0.05, 0) is 36.5 Å². The van der Waals surface area contributed by atoms with E-state index >= 15 is 0 Å². The summed E-state index contributed by atoms with van der Waals surface area (Å²) in [6, 6.07) is 7.62. The van der Waals surface area contributed by atoms with Gasteiger partial charge in [0, 0.05) is 17.6 Å². The maximum atomic E-state index is 11.7. The summed E-state index contributed by atoms with van der Waals surface area (Å²) in [4.78, 5) is 11.7. The smallest absolute Gasteiger partial charge is 0.224 e. The molecule has 2 rings (SSSR count). The minimum absolute atomic E-state index is 0.0893. The monoisotopic (exact) mass is 341 g/mol. The zero-order chi connectivity index (χ0) is 14.4. The topological polar surface area (TPSA) is 58.6 Å². The van der Waals surface area contributed by atoms with Crippen LogP contribution in [0, 0.1) is 5.92 Å². The lowest BCUT2D eigenvalue weighted by molar-refractivity contribution is -0.121. The highest BCUT2D eigenvalue weighted by Gasteiger charge is 2.21. The molecule has 1 aromatic rings. The number of benzene rings is 1. The maximum Gasteiger partial charge on any atom is 0.224 e. The van der Waals surface area contributed by atoms with Gasteiger partial charge in [-0.1, -0.05) is 28.1 Å². The van der Waals surface area contributed by atoms with Crippen molar-refractivity contribution in [2.45, 2.75) is 25.4 Å². The molecule has 4 nitrogen and oxygen atoms in total. The van der Waals surface area contributed by atoms with Crippen LogP contribution < -0.4 is 5.32 Å². The second kappa shape index (κ2) is 7.76. The fourth-order valence-corrected chi connectivity index (χ4v) is 2.06. The number of rotatable bonds is 8. The molecular formula is C15H20BrNO3. The third-order valence-electron chi connectivity index (χ3n) is 3.17. The van der Waals surface area contributed by atoms with Crippen molar-refractivity contribution in [2.24, 2.45) is 5.92 Å². The Morgan fingerprint density at radius 3 is 2.75 bits per heavy atom. The van der Waals surface area contributed by atoms with E-state index in [-0.39, 0.29) is 19.1 Å². The molecule has 1 aliphatic rings. The van der Waals surface area contributed by atoms with Gasteiger partial charge in [0.25, 0.3) is 0 Å². The molecule has 1 atom stereocenters. The Morgan fingerprint density at radius 1 is 1.40 bits per heavy atom. The Kier molecular flexibility index (Phi) is 6.01. The first-order valence-electron chi connectivity index (χ1n) is 6.90. The number of carbonyl (C=O) groups is 1. The summed E-state index contributed by atoms with van der Waals surface area (Å²) in [5.74, 6) is 0.600. The molecule has 1 unspecified atom stereocenters. The van der Waals surface area contributed by atoms with Crippen LogP contribution in [0.3, 0.4) is 0 Å². The van der Waals surface area contributed by atoms with Gasteiger partial charge in [-0.15, -0.1) is 0 Å². The highest BCUT2D eigenvalue weighted by molar-refractivity contribution is 9.10. The van der Waals surface area contributed by atoms with Gasteiger partial charge in [0.15, 0.2) is 0 Å². The average Bonchev–Trinajstić information content (AvgIpc) is 3.23. The fraction of sp³-hybridized carbons (Fsp3) is 0.533.